The van der Waals surface area contributed by atoms with Gasteiger partial charge in [-0.1, -0.05) is 30.0 Å². The number of benzene rings is 2. The summed E-state index contributed by atoms with van der Waals surface area (Å²) in [6.45, 7) is 1.45. The van der Waals surface area contributed by atoms with Crippen LogP contribution in [0.1, 0.15) is 17.3 Å². The standard InChI is InChI=1S/C20H16N4O2S/c1-13(25)21-16-9-6-15(7-10-16)18(26)12-27-20-23-22-19-11-8-14-4-2-3-5-17(14)24(19)20/h2-11H,12H2,1H3,(H,21,25). The highest BCUT2D eigenvalue weighted by Gasteiger charge is 2.13. The van der Waals surface area contributed by atoms with Crippen LogP contribution in [-0.2, 0) is 4.79 Å². The van der Waals surface area contributed by atoms with Gasteiger partial charge in [-0.15, -0.1) is 10.2 Å². The van der Waals surface area contributed by atoms with Crippen molar-refractivity contribution in [1.29, 1.82) is 0 Å². The summed E-state index contributed by atoms with van der Waals surface area (Å²) in [4.78, 5) is 23.6. The number of Topliss-reactive ketones (excluding diaryl/α,β-unsaturated/α-hetero) is 1. The van der Waals surface area contributed by atoms with Gasteiger partial charge in [-0.25, -0.2) is 0 Å². The van der Waals surface area contributed by atoms with Crippen molar-refractivity contribution in [3.63, 3.8) is 0 Å². The third-order valence-electron chi connectivity index (χ3n) is 4.11. The van der Waals surface area contributed by atoms with E-state index in [9.17, 15) is 9.59 Å². The molecule has 0 unspecified atom stereocenters. The average molecular weight is 376 g/mol. The molecule has 2 aromatic heterocycles. The van der Waals surface area contributed by atoms with Gasteiger partial charge in [-0.3, -0.25) is 14.0 Å². The molecule has 0 fully saturated rings. The molecule has 0 atom stereocenters. The third-order valence-corrected chi connectivity index (χ3v) is 5.04. The van der Waals surface area contributed by atoms with Gasteiger partial charge in [0.15, 0.2) is 16.6 Å². The quantitative estimate of drug-likeness (QED) is 0.423. The summed E-state index contributed by atoms with van der Waals surface area (Å²) in [7, 11) is 0. The molecular weight excluding hydrogens is 360 g/mol. The Morgan fingerprint density at radius 1 is 1.00 bits per heavy atom. The zero-order valence-corrected chi connectivity index (χ0v) is 15.4. The molecule has 2 heterocycles. The van der Waals surface area contributed by atoms with E-state index in [1.807, 2.05) is 40.8 Å². The topological polar surface area (TPSA) is 76.4 Å². The summed E-state index contributed by atoms with van der Waals surface area (Å²) >= 11 is 1.36. The predicted molar refractivity (Wildman–Crippen MR) is 106 cm³/mol. The number of amides is 1. The van der Waals surface area contributed by atoms with Gasteiger partial charge in [0.05, 0.1) is 11.3 Å². The number of nitrogens with zero attached hydrogens (tertiary/aromatic N) is 3. The van der Waals surface area contributed by atoms with E-state index in [1.54, 1.807) is 24.3 Å². The highest BCUT2D eigenvalue weighted by molar-refractivity contribution is 7.99. The molecule has 7 heteroatoms. The van der Waals surface area contributed by atoms with E-state index >= 15 is 0 Å². The zero-order chi connectivity index (χ0) is 18.8. The lowest BCUT2D eigenvalue weighted by molar-refractivity contribution is -0.114. The van der Waals surface area contributed by atoms with Crippen LogP contribution in [0.15, 0.2) is 65.8 Å². The van der Waals surface area contributed by atoms with Crippen molar-refractivity contribution >= 4 is 45.7 Å². The van der Waals surface area contributed by atoms with Gasteiger partial charge in [0, 0.05) is 18.2 Å². The molecule has 6 nitrogen and oxygen atoms in total. The van der Waals surface area contributed by atoms with Gasteiger partial charge in [0.1, 0.15) is 0 Å². The van der Waals surface area contributed by atoms with Gasteiger partial charge < -0.3 is 5.32 Å². The molecule has 0 spiro atoms. The van der Waals surface area contributed by atoms with E-state index in [1.165, 1.54) is 18.7 Å². The second-order valence-corrected chi connectivity index (χ2v) is 6.98. The van der Waals surface area contributed by atoms with Crippen molar-refractivity contribution in [2.24, 2.45) is 0 Å². The minimum atomic E-state index is -0.143. The van der Waals surface area contributed by atoms with Crippen molar-refractivity contribution in [2.45, 2.75) is 12.1 Å². The molecule has 1 amide bonds. The maximum absolute atomic E-state index is 12.5. The Morgan fingerprint density at radius 3 is 2.56 bits per heavy atom. The average Bonchev–Trinajstić information content (AvgIpc) is 3.10. The molecule has 1 N–H and O–H groups in total. The van der Waals surface area contributed by atoms with Crippen molar-refractivity contribution in [3.05, 3.63) is 66.2 Å². The number of rotatable bonds is 5. The van der Waals surface area contributed by atoms with Gasteiger partial charge in [0.2, 0.25) is 5.91 Å². The fourth-order valence-corrected chi connectivity index (χ4v) is 3.71. The Kier molecular flexibility index (Phi) is 4.60. The molecule has 0 saturated carbocycles. The lowest BCUT2D eigenvalue weighted by Crippen LogP contribution is -2.07. The number of carbonyl (C=O) groups is 2. The number of ketones is 1. The third kappa shape index (κ3) is 3.54. The maximum atomic E-state index is 12.5. The summed E-state index contributed by atoms with van der Waals surface area (Å²) in [5.74, 6) is 0.102. The van der Waals surface area contributed by atoms with Crippen LogP contribution in [0.25, 0.3) is 16.6 Å². The van der Waals surface area contributed by atoms with Crippen LogP contribution in [-0.4, -0.2) is 32.0 Å². The molecule has 4 rings (SSSR count). The number of aromatic nitrogens is 3. The highest BCUT2D eigenvalue weighted by atomic mass is 32.2. The Balaban J connectivity index is 1.54. The van der Waals surface area contributed by atoms with E-state index in [-0.39, 0.29) is 17.4 Å². The SMILES string of the molecule is CC(=O)Nc1ccc(C(=O)CSc2nnc3ccc4ccccc4n23)cc1. The first-order valence-corrected chi connectivity index (χ1v) is 9.37. The lowest BCUT2D eigenvalue weighted by atomic mass is 10.1. The Labute approximate surface area is 159 Å². The Hall–Kier alpha value is -3.19. The summed E-state index contributed by atoms with van der Waals surface area (Å²) < 4.78 is 1.97. The molecule has 27 heavy (non-hydrogen) atoms. The summed E-state index contributed by atoms with van der Waals surface area (Å²) in [5.41, 5.74) is 3.02. The Bertz CT molecular complexity index is 1150. The number of hydrogen-bond donors (Lipinski definition) is 1. The van der Waals surface area contributed by atoms with Crippen LogP contribution in [0.3, 0.4) is 0 Å². The van der Waals surface area contributed by atoms with Crippen molar-refractivity contribution < 1.29 is 9.59 Å². The molecule has 0 radical (unpaired) electrons. The zero-order valence-electron chi connectivity index (χ0n) is 14.5. The second kappa shape index (κ2) is 7.20. The molecule has 2 aromatic carbocycles. The van der Waals surface area contributed by atoms with Crippen molar-refractivity contribution in [3.8, 4) is 0 Å². The fourth-order valence-electron chi connectivity index (χ4n) is 2.86. The summed E-state index contributed by atoms with van der Waals surface area (Å²) in [6.07, 6.45) is 0. The predicted octanol–water partition coefficient (Wildman–Crippen LogP) is 3.82. The number of fused-ring (bicyclic) bond motifs is 3. The first kappa shape index (κ1) is 17.2. The van der Waals surface area contributed by atoms with Crippen molar-refractivity contribution in [2.75, 3.05) is 11.1 Å². The molecule has 0 aliphatic rings. The van der Waals surface area contributed by atoms with E-state index in [0.29, 0.717) is 16.4 Å². The largest absolute Gasteiger partial charge is 0.326 e. The monoisotopic (exact) mass is 376 g/mol. The van der Waals surface area contributed by atoms with Crippen LogP contribution < -0.4 is 5.32 Å². The molecule has 0 aliphatic heterocycles. The fraction of sp³-hybridized carbons (Fsp3) is 0.100. The molecular formula is C20H16N4O2S. The number of hydrogen-bond acceptors (Lipinski definition) is 5. The lowest BCUT2D eigenvalue weighted by Gasteiger charge is -2.05. The molecule has 0 bridgehead atoms. The first-order valence-electron chi connectivity index (χ1n) is 8.38. The van der Waals surface area contributed by atoms with Gasteiger partial charge in [-0.2, -0.15) is 0 Å². The number of anilines is 1. The van der Waals surface area contributed by atoms with Gasteiger partial charge in [-0.05, 0) is 47.9 Å². The molecule has 4 aromatic rings. The van der Waals surface area contributed by atoms with Gasteiger partial charge in [0.25, 0.3) is 0 Å². The van der Waals surface area contributed by atoms with E-state index in [4.69, 9.17) is 0 Å². The minimum Gasteiger partial charge on any atom is -0.326 e. The minimum absolute atomic E-state index is 0.00800. The van der Waals surface area contributed by atoms with E-state index in [2.05, 4.69) is 15.5 Å². The molecule has 0 aliphatic carbocycles. The number of carbonyl (C=O) groups excluding carboxylic acids is 2. The number of thioether (sulfide) groups is 1. The van der Waals surface area contributed by atoms with Crippen molar-refractivity contribution in [1.82, 2.24) is 14.6 Å². The van der Waals surface area contributed by atoms with Crippen LogP contribution in [0.4, 0.5) is 5.69 Å². The summed E-state index contributed by atoms with van der Waals surface area (Å²) in [5, 5.41) is 12.9. The van der Waals surface area contributed by atoms with Crippen LogP contribution in [0.5, 0.6) is 0 Å². The maximum Gasteiger partial charge on any atom is 0.221 e. The number of pyridine rings is 1. The Morgan fingerprint density at radius 2 is 1.78 bits per heavy atom. The second-order valence-electron chi connectivity index (χ2n) is 6.04. The first-order chi connectivity index (χ1) is 13.1. The normalized spacial score (nSPS) is 11.0. The van der Waals surface area contributed by atoms with E-state index in [0.717, 1.165) is 16.6 Å². The number of para-hydroxylation sites is 1. The summed E-state index contributed by atoms with van der Waals surface area (Å²) in [6, 6.07) is 18.8. The van der Waals surface area contributed by atoms with Crippen LogP contribution in [0, 0.1) is 0 Å². The van der Waals surface area contributed by atoms with E-state index < -0.39 is 0 Å². The van der Waals surface area contributed by atoms with Crippen LogP contribution >= 0.6 is 11.8 Å². The molecule has 134 valence electrons. The van der Waals surface area contributed by atoms with Crippen LogP contribution in [0.2, 0.25) is 0 Å². The van der Waals surface area contributed by atoms with Gasteiger partial charge >= 0.3 is 0 Å². The smallest absolute Gasteiger partial charge is 0.221 e. The highest BCUT2D eigenvalue weighted by Crippen LogP contribution is 2.24. The molecule has 0 saturated heterocycles. The number of nitrogens with one attached hydrogen (secondary N) is 1.